The van der Waals surface area contributed by atoms with Crippen molar-refractivity contribution >= 4 is 5.82 Å². The van der Waals surface area contributed by atoms with Gasteiger partial charge < -0.3 is 14.5 Å². The summed E-state index contributed by atoms with van der Waals surface area (Å²) in [5.74, 6) is 1.07. The van der Waals surface area contributed by atoms with Gasteiger partial charge in [0.1, 0.15) is 23.3 Å². The average molecular weight is 495 g/mol. The Morgan fingerprint density at radius 2 is 1.92 bits per heavy atom. The third-order valence-corrected chi connectivity index (χ3v) is 6.41. The summed E-state index contributed by atoms with van der Waals surface area (Å²) < 4.78 is 45.0. The second kappa shape index (κ2) is 9.25. The highest BCUT2D eigenvalue weighted by Gasteiger charge is 2.25. The van der Waals surface area contributed by atoms with Crippen molar-refractivity contribution in [2.45, 2.75) is 46.3 Å². The molecule has 2 aromatic rings. The molecule has 10 heteroatoms. The number of alkyl halides is 2. The van der Waals surface area contributed by atoms with E-state index in [1.165, 1.54) is 18.2 Å². The molecular formula is C26H25F3N6O. The minimum absolute atomic E-state index is 0.0722. The van der Waals surface area contributed by atoms with Crippen molar-refractivity contribution in [1.29, 1.82) is 0 Å². The van der Waals surface area contributed by atoms with Crippen LogP contribution in [-0.2, 0) is 13.1 Å². The highest BCUT2D eigenvalue weighted by molar-refractivity contribution is 5.82. The van der Waals surface area contributed by atoms with Crippen LogP contribution in [0.3, 0.4) is 0 Å². The zero-order valence-electron chi connectivity index (χ0n) is 20.1. The number of pyridine rings is 2. The van der Waals surface area contributed by atoms with Crippen LogP contribution in [0.4, 0.5) is 19.0 Å². The Balaban J connectivity index is 1.73. The Morgan fingerprint density at radius 3 is 2.67 bits per heavy atom. The van der Waals surface area contributed by atoms with Crippen LogP contribution in [-0.4, -0.2) is 25.6 Å². The molecule has 4 heterocycles. The third kappa shape index (κ3) is 4.06. The molecule has 3 aliphatic heterocycles. The molecule has 7 nitrogen and oxygen atoms in total. The van der Waals surface area contributed by atoms with Crippen molar-refractivity contribution in [1.82, 2.24) is 19.1 Å². The molecule has 5 rings (SSSR count). The fourth-order valence-electron chi connectivity index (χ4n) is 4.61. The van der Waals surface area contributed by atoms with Crippen LogP contribution >= 0.6 is 0 Å². The molecule has 1 aromatic heterocycles. The maximum absolute atomic E-state index is 14.8. The normalized spacial score (nSPS) is 14.4. The van der Waals surface area contributed by atoms with Gasteiger partial charge in [-0.1, -0.05) is 18.2 Å². The van der Waals surface area contributed by atoms with Gasteiger partial charge in [0.25, 0.3) is 12.0 Å². The molecule has 0 aliphatic carbocycles. The summed E-state index contributed by atoms with van der Waals surface area (Å²) >= 11 is 0. The molecule has 0 saturated carbocycles. The van der Waals surface area contributed by atoms with Gasteiger partial charge in [0.05, 0.1) is 17.2 Å². The fourth-order valence-corrected chi connectivity index (χ4v) is 4.61. The minimum Gasteiger partial charge on any atom is -0.369 e. The van der Waals surface area contributed by atoms with Gasteiger partial charge in [0, 0.05) is 48.6 Å². The minimum atomic E-state index is -2.92. The molecule has 0 bridgehead atoms. The topological polar surface area (TPSA) is 77.1 Å². The second-order valence-electron chi connectivity index (χ2n) is 8.71. The van der Waals surface area contributed by atoms with Gasteiger partial charge in [-0.05, 0) is 32.9 Å². The monoisotopic (exact) mass is 494 g/mol. The molecule has 0 saturated heterocycles. The highest BCUT2D eigenvalue weighted by atomic mass is 19.3. The summed E-state index contributed by atoms with van der Waals surface area (Å²) in [6, 6.07) is 8.41. The number of hydrogen-bond donors (Lipinski definition) is 1. The van der Waals surface area contributed by atoms with Crippen LogP contribution in [0.5, 0.6) is 0 Å². The van der Waals surface area contributed by atoms with Gasteiger partial charge in [0.15, 0.2) is 5.49 Å². The van der Waals surface area contributed by atoms with Crippen LogP contribution < -0.4 is 16.4 Å². The van der Waals surface area contributed by atoms with Crippen molar-refractivity contribution in [3.63, 3.8) is 0 Å². The Kier molecular flexibility index (Phi) is 6.11. The predicted molar refractivity (Wildman–Crippen MR) is 131 cm³/mol. The number of aryl methyl sites for hydroxylation is 2. The fraction of sp³-hybridized carbons (Fsp3) is 0.308. The number of fused-ring (bicyclic) bond motifs is 3. The summed E-state index contributed by atoms with van der Waals surface area (Å²) in [5.41, 5.74) is 2.02. The molecule has 0 amide bonds. The molecule has 1 atom stereocenters. The zero-order chi connectivity index (χ0) is 25.6. The zero-order valence-corrected chi connectivity index (χ0v) is 20.1. The number of hydrogen-bond acceptors (Lipinski definition) is 5. The van der Waals surface area contributed by atoms with Crippen molar-refractivity contribution in [3.05, 3.63) is 81.2 Å². The standard InChI is InChI=1S/C26H25F3N6O/c1-4-34-13-16(8-9-21(34)36)19-12-20-24(32-15(3)33-26(20)35-11-10-30-25(19)35)31-14(2)17-6-5-7-18(22(17)27)23(28)29/h5-9,12-14,23,30H,4,10-11H2,1-3H3/t14-/m1/s1. The van der Waals surface area contributed by atoms with E-state index in [0.717, 1.165) is 23.0 Å². The first-order valence-electron chi connectivity index (χ1n) is 11.8. The average Bonchev–Trinajstić information content (AvgIpc) is 3.34. The van der Waals surface area contributed by atoms with Gasteiger partial charge in [-0.3, -0.25) is 9.79 Å². The van der Waals surface area contributed by atoms with E-state index in [2.05, 4.69) is 20.3 Å². The Labute approximate surface area is 205 Å². The number of anilines is 1. The molecule has 1 aromatic carbocycles. The Hall–Kier alpha value is -3.95. The van der Waals surface area contributed by atoms with E-state index >= 15 is 0 Å². The molecular weight excluding hydrogens is 469 g/mol. The molecule has 0 fully saturated rings. The molecule has 0 unspecified atom stereocenters. The van der Waals surface area contributed by atoms with Crippen molar-refractivity contribution < 1.29 is 13.2 Å². The SMILES string of the molecule is CCn1cc(-c2cc3c(=N[C@H](C)c4cccc(C(F)F)c4F)nc(C)nc-3n3c2NCC3)ccc1=O. The van der Waals surface area contributed by atoms with Gasteiger partial charge in [-0.25, -0.2) is 23.1 Å². The number of benzene rings is 1. The van der Waals surface area contributed by atoms with Crippen LogP contribution in [0, 0.1) is 12.7 Å². The van der Waals surface area contributed by atoms with E-state index in [9.17, 15) is 18.0 Å². The van der Waals surface area contributed by atoms with Crippen molar-refractivity contribution in [2.75, 3.05) is 11.9 Å². The van der Waals surface area contributed by atoms with E-state index in [-0.39, 0.29) is 11.1 Å². The first kappa shape index (κ1) is 23.8. The summed E-state index contributed by atoms with van der Waals surface area (Å²) in [6.45, 7) is 7.21. The summed E-state index contributed by atoms with van der Waals surface area (Å²) in [6.07, 6.45) is -1.11. The lowest BCUT2D eigenvalue weighted by Crippen LogP contribution is -2.21. The van der Waals surface area contributed by atoms with Crippen LogP contribution in [0.25, 0.3) is 22.5 Å². The first-order chi connectivity index (χ1) is 17.3. The van der Waals surface area contributed by atoms with Gasteiger partial charge in [-0.2, -0.15) is 0 Å². The Morgan fingerprint density at radius 1 is 1.14 bits per heavy atom. The molecule has 36 heavy (non-hydrogen) atoms. The number of rotatable bonds is 5. The molecule has 3 aliphatic rings. The Bertz CT molecular complexity index is 1560. The smallest absolute Gasteiger partial charge is 0.266 e. The van der Waals surface area contributed by atoms with Crippen LogP contribution in [0.2, 0.25) is 0 Å². The molecule has 186 valence electrons. The number of halogens is 3. The van der Waals surface area contributed by atoms with Gasteiger partial charge in [0.2, 0.25) is 0 Å². The van der Waals surface area contributed by atoms with E-state index in [1.54, 1.807) is 24.5 Å². The predicted octanol–water partition coefficient (Wildman–Crippen LogP) is 4.70. The summed E-state index contributed by atoms with van der Waals surface area (Å²) in [4.78, 5) is 26.0. The lowest BCUT2D eigenvalue weighted by atomic mass is 10.0. The van der Waals surface area contributed by atoms with E-state index in [4.69, 9.17) is 0 Å². The number of nitrogens with zero attached hydrogens (tertiary/aromatic N) is 5. The van der Waals surface area contributed by atoms with Crippen molar-refractivity contribution in [2.24, 2.45) is 4.99 Å². The summed E-state index contributed by atoms with van der Waals surface area (Å²) in [5, 5.41) is 3.41. The lowest BCUT2D eigenvalue weighted by Gasteiger charge is -2.19. The van der Waals surface area contributed by atoms with Gasteiger partial charge in [-0.15, -0.1) is 0 Å². The number of nitrogens with one attached hydrogen (secondary N) is 1. The highest BCUT2D eigenvalue weighted by Crippen LogP contribution is 2.36. The number of aromatic nitrogens is 4. The van der Waals surface area contributed by atoms with Gasteiger partial charge >= 0.3 is 0 Å². The largest absolute Gasteiger partial charge is 0.369 e. The van der Waals surface area contributed by atoms with E-state index < -0.39 is 23.8 Å². The lowest BCUT2D eigenvalue weighted by molar-refractivity contribution is 0.146. The summed E-state index contributed by atoms with van der Waals surface area (Å²) in [7, 11) is 0. The van der Waals surface area contributed by atoms with Crippen molar-refractivity contribution in [3.8, 4) is 22.5 Å². The first-order valence-corrected chi connectivity index (χ1v) is 11.8. The molecule has 0 radical (unpaired) electrons. The van der Waals surface area contributed by atoms with E-state index in [0.29, 0.717) is 42.3 Å². The molecule has 1 N–H and O–H groups in total. The quantitative estimate of drug-likeness (QED) is 0.436. The molecule has 0 spiro atoms. The van der Waals surface area contributed by atoms with Crippen LogP contribution in [0.1, 0.15) is 43.3 Å². The maximum atomic E-state index is 14.8. The third-order valence-electron chi connectivity index (χ3n) is 6.41. The van der Waals surface area contributed by atoms with Crippen LogP contribution in [0.15, 0.2) is 52.4 Å². The maximum Gasteiger partial charge on any atom is 0.266 e. The second-order valence-corrected chi connectivity index (χ2v) is 8.71. The van der Waals surface area contributed by atoms with E-state index in [1.807, 2.05) is 23.8 Å².